The molecular formula is C28H20N6O6S. The van der Waals surface area contributed by atoms with Crippen molar-refractivity contribution in [1.29, 1.82) is 0 Å². The van der Waals surface area contributed by atoms with Crippen molar-refractivity contribution in [2.24, 2.45) is 5.10 Å². The van der Waals surface area contributed by atoms with Crippen LogP contribution in [0, 0.1) is 0 Å². The molecule has 204 valence electrons. The summed E-state index contributed by atoms with van der Waals surface area (Å²) in [5, 5.41) is 9.81. The van der Waals surface area contributed by atoms with Gasteiger partial charge in [-0.2, -0.15) is 5.10 Å². The Kier molecular flexibility index (Phi) is 7.97. The number of carbonyl (C=O) groups is 4. The quantitative estimate of drug-likeness (QED) is 0.108. The van der Waals surface area contributed by atoms with Crippen molar-refractivity contribution in [1.82, 2.24) is 25.1 Å². The van der Waals surface area contributed by atoms with Gasteiger partial charge in [-0.15, -0.1) is 5.10 Å². The number of para-hydroxylation sites is 1. The summed E-state index contributed by atoms with van der Waals surface area (Å²) in [5.74, 6) is -1.44. The number of thioether (sulfide) groups is 1. The average Bonchev–Trinajstić information content (AvgIpc) is 3.47. The van der Waals surface area contributed by atoms with E-state index in [0.29, 0.717) is 28.8 Å². The number of imide groups is 1. The van der Waals surface area contributed by atoms with Crippen molar-refractivity contribution in [2.45, 2.75) is 6.54 Å². The molecule has 12 nitrogen and oxygen atoms in total. The van der Waals surface area contributed by atoms with Crippen molar-refractivity contribution in [3.8, 4) is 22.8 Å². The zero-order valence-corrected chi connectivity index (χ0v) is 21.9. The van der Waals surface area contributed by atoms with Crippen molar-refractivity contribution in [3.05, 3.63) is 112 Å². The fourth-order valence-corrected chi connectivity index (χ4v) is 4.38. The molecule has 0 unspecified atom stereocenters. The van der Waals surface area contributed by atoms with Crippen LogP contribution >= 0.6 is 11.8 Å². The largest absolute Gasteiger partial charge is 0.423 e. The zero-order valence-electron chi connectivity index (χ0n) is 21.1. The van der Waals surface area contributed by atoms with E-state index in [1.54, 1.807) is 24.3 Å². The number of ether oxygens (including phenoxy) is 1. The SMILES string of the molecule is O=C(Cn1nc(-c2ccccc2)n(-c2ccccc2)c1=O)N/N=C\c1ccc(OC(=O)/C=C2\SC(=O)NC2=O)cc1. The van der Waals surface area contributed by atoms with E-state index in [4.69, 9.17) is 4.74 Å². The van der Waals surface area contributed by atoms with Crippen LogP contribution in [0.15, 0.2) is 106 Å². The first kappa shape index (κ1) is 27.0. The predicted octanol–water partition coefficient (Wildman–Crippen LogP) is 2.62. The molecule has 3 amide bonds. The highest BCUT2D eigenvalue weighted by Crippen LogP contribution is 2.23. The molecule has 1 saturated heterocycles. The van der Waals surface area contributed by atoms with E-state index in [1.165, 1.54) is 22.9 Å². The monoisotopic (exact) mass is 568 g/mol. The fraction of sp³-hybridized carbons (Fsp3) is 0.0357. The number of rotatable bonds is 8. The first-order valence-corrected chi connectivity index (χ1v) is 12.9. The molecule has 1 aliphatic heterocycles. The lowest BCUT2D eigenvalue weighted by atomic mass is 10.2. The van der Waals surface area contributed by atoms with E-state index in [9.17, 15) is 24.0 Å². The Balaban J connectivity index is 1.22. The number of hydrogen-bond donors (Lipinski definition) is 2. The molecule has 2 heterocycles. The third kappa shape index (κ3) is 6.54. The van der Waals surface area contributed by atoms with E-state index in [0.717, 1.165) is 16.3 Å². The van der Waals surface area contributed by atoms with Gasteiger partial charge in [0, 0.05) is 11.6 Å². The molecule has 0 atom stereocenters. The summed E-state index contributed by atoms with van der Waals surface area (Å²) in [6, 6.07) is 24.4. The standard InChI is InChI=1S/C28H20N6O6S/c35-23(17-33-28(39)34(20-9-5-2-6-10-20)25(32-33)19-7-3-1-4-8-19)31-29-16-18-11-13-21(14-12-18)40-24(36)15-22-26(37)30-27(38)41-22/h1-16H,17H2,(H,31,35)(H,30,37,38)/b22-15-,29-16-. The molecule has 3 aromatic carbocycles. The molecule has 0 aliphatic carbocycles. The molecule has 4 aromatic rings. The van der Waals surface area contributed by atoms with Crippen LogP contribution in [0.3, 0.4) is 0 Å². The van der Waals surface area contributed by atoms with Crippen LogP contribution in [-0.4, -0.2) is 43.6 Å². The van der Waals surface area contributed by atoms with Gasteiger partial charge in [0.05, 0.1) is 16.8 Å². The molecule has 0 saturated carbocycles. The van der Waals surface area contributed by atoms with Crippen LogP contribution in [0.5, 0.6) is 5.75 Å². The van der Waals surface area contributed by atoms with Gasteiger partial charge in [-0.25, -0.2) is 24.3 Å². The van der Waals surface area contributed by atoms with E-state index in [1.807, 2.05) is 53.8 Å². The predicted molar refractivity (Wildman–Crippen MR) is 150 cm³/mol. The Hall–Kier alpha value is -5.56. The molecule has 0 spiro atoms. The van der Waals surface area contributed by atoms with E-state index >= 15 is 0 Å². The van der Waals surface area contributed by atoms with Crippen LogP contribution in [-0.2, 0) is 20.9 Å². The first-order valence-electron chi connectivity index (χ1n) is 12.1. The van der Waals surface area contributed by atoms with Crippen LogP contribution < -0.4 is 21.2 Å². The third-order valence-electron chi connectivity index (χ3n) is 5.57. The van der Waals surface area contributed by atoms with Gasteiger partial charge >= 0.3 is 11.7 Å². The smallest absolute Gasteiger partial charge is 0.351 e. The molecule has 1 aliphatic rings. The molecule has 0 bridgehead atoms. The summed E-state index contributed by atoms with van der Waals surface area (Å²) in [6.45, 7) is -0.359. The Morgan fingerprint density at radius 1 is 0.951 bits per heavy atom. The number of benzene rings is 3. The zero-order chi connectivity index (χ0) is 28.8. The summed E-state index contributed by atoms with van der Waals surface area (Å²) < 4.78 is 7.65. The van der Waals surface area contributed by atoms with Crippen molar-refractivity contribution in [3.63, 3.8) is 0 Å². The summed E-state index contributed by atoms with van der Waals surface area (Å²) in [7, 11) is 0. The van der Waals surface area contributed by atoms with Crippen LogP contribution in [0.1, 0.15) is 5.56 Å². The number of hydrogen-bond acceptors (Lipinski definition) is 9. The minimum Gasteiger partial charge on any atom is -0.423 e. The second kappa shape index (κ2) is 12.1. The summed E-state index contributed by atoms with van der Waals surface area (Å²) in [5.41, 5.74) is 3.81. The average molecular weight is 569 g/mol. The Morgan fingerprint density at radius 2 is 1.63 bits per heavy atom. The Morgan fingerprint density at radius 3 is 2.29 bits per heavy atom. The maximum Gasteiger partial charge on any atom is 0.351 e. The highest BCUT2D eigenvalue weighted by atomic mass is 32.2. The molecule has 1 fully saturated rings. The number of esters is 1. The maximum absolute atomic E-state index is 13.2. The highest BCUT2D eigenvalue weighted by molar-refractivity contribution is 8.18. The van der Waals surface area contributed by atoms with E-state index in [2.05, 4.69) is 15.6 Å². The number of nitrogens with zero attached hydrogens (tertiary/aromatic N) is 4. The topological polar surface area (TPSA) is 154 Å². The molecular weight excluding hydrogens is 548 g/mol. The minimum absolute atomic E-state index is 0.0510. The van der Waals surface area contributed by atoms with Gasteiger partial charge in [-0.3, -0.25) is 19.7 Å². The van der Waals surface area contributed by atoms with Gasteiger partial charge in [-0.1, -0.05) is 48.5 Å². The normalized spacial score (nSPS) is 13.9. The highest BCUT2D eigenvalue weighted by Gasteiger charge is 2.26. The molecule has 2 N–H and O–H groups in total. The first-order chi connectivity index (χ1) is 19.9. The Labute approximate surface area is 236 Å². The second-order valence-corrected chi connectivity index (χ2v) is 9.45. The van der Waals surface area contributed by atoms with Crippen LogP contribution in [0.4, 0.5) is 4.79 Å². The number of carbonyl (C=O) groups excluding carboxylic acids is 4. The van der Waals surface area contributed by atoms with Gasteiger partial charge in [-0.05, 0) is 53.7 Å². The van der Waals surface area contributed by atoms with Crippen LogP contribution in [0.2, 0.25) is 0 Å². The van der Waals surface area contributed by atoms with Crippen molar-refractivity contribution >= 4 is 41.0 Å². The molecule has 5 rings (SSSR count). The van der Waals surface area contributed by atoms with Gasteiger partial charge in [0.2, 0.25) is 0 Å². The molecule has 1 aromatic heterocycles. The number of aromatic nitrogens is 3. The number of hydrazone groups is 1. The minimum atomic E-state index is -0.814. The number of nitrogens with one attached hydrogen (secondary N) is 2. The van der Waals surface area contributed by atoms with Gasteiger partial charge < -0.3 is 4.74 Å². The summed E-state index contributed by atoms with van der Waals surface area (Å²) >= 11 is 0.612. The number of amides is 3. The second-order valence-electron chi connectivity index (χ2n) is 8.44. The van der Waals surface area contributed by atoms with E-state index in [-0.39, 0.29) is 17.2 Å². The van der Waals surface area contributed by atoms with Crippen molar-refractivity contribution in [2.75, 3.05) is 0 Å². The third-order valence-corrected chi connectivity index (χ3v) is 6.38. The van der Waals surface area contributed by atoms with Gasteiger partial charge in [0.1, 0.15) is 12.3 Å². The molecule has 41 heavy (non-hydrogen) atoms. The Bertz CT molecular complexity index is 1740. The maximum atomic E-state index is 13.2. The lowest BCUT2D eigenvalue weighted by Gasteiger charge is -2.05. The lowest BCUT2D eigenvalue weighted by molar-refractivity contribution is -0.129. The van der Waals surface area contributed by atoms with Crippen LogP contribution in [0.25, 0.3) is 17.1 Å². The van der Waals surface area contributed by atoms with Crippen molar-refractivity contribution < 1.29 is 23.9 Å². The van der Waals surface area contributed by atoms with Gasteiger partial charge in [0.25, 0.3) is 17.1 Å². The van der Waals surface area contributed by atoms with E-state index < -0.39 is 28.7 Å². The fourth-order valence-electron chi connectivity index (χ4n) is 3.74. The summed E-state index contributed by atoms with van der Waals surface area (Å²) in [4.78, 5) is 60.4. The summed E-state index contributed by atoms with van der Waals surface area (Å²) in [6.07, 6.45) is 2.31. The lowest BCUT2D eigenvalue weighted by Crippen LogP contribution is -2.31. The molecule has 13 heteroatoms. The van der Waals surface area contributed by atoms with Gasteiger partial charge in [0.15, 0.2) is 5.82 Å². The molecule has 0 radical (unpaired) electrons.